The number of nitrogens with zero attached hydrogens (tertiary/aromatic N) is 4. The molecule has 0 amide bonds. The molecule has 0 atom stereocenters. The first kappa shape index (κ1) is 15.3. The fourth-order valence-electron chi connectivity index (χ4n) is 1.69. The molecular weight excluding hydrogens is 292 g/mol. The number of methoxy groups -OCH3 is 2. The van der Waals surface area contributed by atoms with Gasteiger partial charge in [-0.3, -0.25) is 4.79 Å². The van der Waals surface area contributed by atoms with Gasteiger partial charge in [0, 0.05) is 5.41 Å². The molecule has 0 radical (unpaired) electrons. The zero-order chi connectivity index (χ0) is 15.6. The Morgan fingerprint density at radius 2 is 1.95 bits per heavy atom. The zero-order valence-corrected chi connectivity index (χ0v) is 13.3. The summed E-state index contributed by atoms with van der Waals surface area (Å²) in [6.07, 6.45) is 1.38. The predicted octanol–water partition coefficient (Wildman–Crippen LogP) is 1.87. The molecule has 0 aliphatic heterocycles. The molecular formula is C13H16N4O3S. The van der Waals surface area contributed by atoms with Gasteiger partial charge in [0.05, 0.1) is 26.1 Å². The van der Waals surface area contributed by atoms with E-state index in [0.717, 1.165) is 11.5 Å². The van der Waals surface area contributed by atoms with Crippen LogP contribution in [-0.2, 0) is 5.41 Å². The van der Waals surface area contributed by atoms with Crippen LogP contribution >= 0.6 is 11.5 Å². The second-order valence-electron chi connectivity index (χ2n) is 5.30. The normalized spacial score (nSPS) is 11.3. The first-order valence-corrected chi connectivity index (χ1v) is 6.98. The molecule has 0 bridgehead atoms. The maximum atomic E-state index is 12.7. The Balaban J connectivity index is 2.48. The third-order valence-corrected chi connectivity index (χ3v) is 3.47. The second-order valence-corrected chi connectivity index (χ2v) is 6.05. The van der Waals surface area contributed by atoms with Crippen molar-refractivity contribution in [2.24, 2.45) is 0 Å². The molecule has 0 saturated carbocycles. The number of ketones is 1. The van der Waals surface area contributed by atoms with Gasteiger partial charge in [-0.25, -0.2) is 4.98 Å². The van der Waals surface area contributed by atoms with Gasteiger partial charge < -0.3 is 9.47 Å². The van der Waals surface area contributed by atoms with Gasteiger partial charge in [-0.2, -0.15) is 4.98 Å². The summed E-state index contributed by atoms with van der Waals surface area (Å²) >= 11 is 1.04. The van der Waals surface area contributed by atoms with Crippen molar-refractivity contribution in [2.75, 3.05) is 14.2 Å². The Bertz CT molecular complexity index is 664. The summed E-state index contributed by atoms with van der Waals surface area (Å²) in [6, 6.07) is 0. The van der Waals surface area contributed by atoms with Crippen molar-refractivity contribution in [2.45, 2.75) is 26.2 Å². The molecule has 21 heavy (non-hydrogen) atoms. The summed E-state index contributed by atoms with van der Waals surface area (Å²) in [5, 5.41) is 4.06. The van der Waals surface area contributed by atoms with E-state index in [1.54, 1.807) is 0 Å². The summed E-state index contributed by atoms with van der Waals surface area (Å²) in [4.78, 5) is 21.3. The third kappa shape index (κ3) is 2.99. The number of hydrogen-bond acceptors (Lipinski definition) is 8. The van der Waals surface area contributed by atoms with Gasteiger partial charge >= 0.3 is 0 Å². The molecule has 0 aromatic carbocycles. The summed E-state index contributed by atoms with van der Waals surface area (Å²) in [5.74, 6) is 0.0939. The average molecular weight is 308 g/mol. The van der Waals surface area contributed by atoms with E-state index in [2.05, 4.69) is 19.6 Å². The smallest absolute Gasteiger partial charge is 0.247 e. The van der Waals surface area contributed by atoms with Crippen LogP contribution in [0.15, 0.2) is 6.20 Å². The van der Waals surface area contributed by atoms with Crippen molar-refractivity contribution < 1.29 is 14.3 Å². The third-order valence-electron chi connectivity index (χ3n) is 2.74. The molecule has 0 saturated heterocycles. The lowest BCUT2D eigenvalue weighted by Crippen LogP contribution is -2.17. The number of rotatable bonds is 4. The quantitative estimate of drug-likeness (QED) is 0.797. The molecule has 0 unspecified atom stereocenters. The van der Waals surface area contributed by atoms with Crippen LogP contribution in [-0.4, -0.2) is 39.6 Å². The number of ether oxygens (including phenoxy) is 2. The standard InChI is InChI=1S/C13H16N4O3S/c1-13(2,3)11-10(21-17-16-11)9(18)8-12(20-5)15-7(19-4)6-14-8/h6H,1-5H3. The van der Waals surface area contributed by atoms with Gasteiger partial charge in [0.2, 0.25) is 17.5 Å². The van der Waals surface area contributed by atoms with Crippen LogP contribution in [0.1, 0.15) is 41.8 Å². The highest BCUT2D eigenvalue weighted by atomic mass is 32.1. The zero-order valence-electron chi connectivity index (χ0n) is 12.5. The minimum absolute atomic E-state index is 0.118. The van der Waals surface area contributed by atoms with E-state index in [1.807, 2.05) is 20.8 Å². The Kier molecular flexibility index (Phi) is 4.17. The summed E-state index contributed by atoms with van der Waals surface area (Å²) in [7, 11) is 2.89. The topological polar surface area (TPSA) is 87.1 Å². The molecule has 0 fully saturated rings. The molecule has 2 aromatic heterocycles. The van der Waals surface area contributed by atoms with Crippen LogP contribution in [0.3, 0.4) is 0 Å². The number of carbonyl (C=O) groups excluding carboxylic acids is 1. The van der Waals surface area contributed by atoms with Gasteiger partial charge in [0.25, 0.3) is 0 Å². The van der Waals surface area contributed by atoms with E-state index in [4.69, 9.17) is 9.47 Å². The van der Waals surface area contributed by atoms with Gasteiger partial charge in [0.15, 0.2) is 5.69 Å². The minimum atomic E-state index is -0.304. The van der Waals surface area contributed by atoms with Gasteiger partial charge in [-0.1, -0.05) is 25.3 Å². The molecule has 2 heterocycles. The molecule has 0 N–H and O–H groups in total. The van der Waals surface area contributed by atoms with E-state index >= 15 is 0 Å². The summed E-state index contributed by atoms with van der Waals surface area (Å²) < 4.78 is 14.0. The minimum Gasteiger partial charge on any atom is -0.480 e. The Morgan fingerprint density at radius 3 is 2.52 bits per heavy atom. The molecule has 8 heteroatoms. The Morgan fingerprint density at radius 1 is 1.24 bits per heavy atom. The maximum absolute atomic E-state index is 12.7. The Hall–Kier alpha value is -2.09. The van der Waals surface area contributed by atoms with Crippen molar-refractivity contribution in [1.82, 2.24) is 19.6 Å². The van der Waals surface area contributed by atoms with Crippen molar-refractivity contribution in [3.05, 3.63) is 22.5 Å². The van der Waals surface area contributed by atoms with Crippen LogP contribution in [0.25, 0.3) is 0 Å². The monoisotopic (exact) mass is 308 g/mol. The number of aromatic nitrogens is 4. The molecule has 0 aliphatic rings. The molecule has 112 valence electrons. The molecule has 2 rings (SSSR count). The van der Waals surface area contributed by atoms with Crippen LogP contribution < -0.4 is 9.47 Å². The van der Waals surface area contributed by atoms with Gasteiger partial charge in [0.1, 0.15) is 4.88 Å². The highest BCUT2D eigenvalue weighted by Crippen LogP contribution is 2.29. The van der Waals surface area contributed by atoms with E-state index in [9.17, 15) is 4.79 Å². The summed E-state index contributed by atoms with van der Waals surface area (Å²) in [5.41, 5.74) is 0.470. The first-order valence-electron chi connectivity index (χ1n) is 6.21. The lowest BCUT2D eigenvalue weighted by molar-refractivity contribution is 0.103. The molecule has 7 nitrogen and oxygen atoms in total. The molecule has 0 spiro atoms. The second kappa shape index (κ2) is 5.72. The lowest BCUT2D eigenvalue weighted by atomic mass is 9.90. The fraction of sp³-hybridized carbons (Fsp3) is 0.462. The van der Waals surface area contributed by atoms with Crippen molar-refractivity contribution >= 4 is 17.3 Å². The van der Waals surface area contributed by atoms with Crippen molar-refractivity contribution in [1.29, 1.82) is 0 Å². The highest BCUT2D eigenvalue weighted by Gasteiger charge is 2.29. The first-order chi connectivity index (χ1) is 9.88. The average Bonchev–Trinajstić information content (AvgIpc) is 2.95. The molecule has 2 aromatic rings. The fourth-order valence-corrected chi connectivity index (χ4v) is 2.51. The van der Waals surface area contributed by atoms with Crippen molar-refractivity contribution in [3.63, 3.8) is 0 Å². The van der Waals surface area contributed by atoms with Gasteiger partial charge in [-0.05, 0) is 11.5 Å². The number of hydrogen-bond donors (Lipinski definition) is 0. The SMILES string of the molecule is COc1cnc(C(=O)c2snnc2C(C)(C)C)c(OC)n1. The largest absolute Gasteiger partial charge is 0.480 e. The van der Waals surface area contributed by atoms with E-state index in [1.165, 1.54) is 20.4 Å². The van der Waals surface area contributed by atoms with Crippen LogP contribution in [0, 0.1) is 0 Å². The van der Waals surface area contributed by atoms with Crippen LogP contribution in [0.5, 0.6) is 11.8 Å². The predicted molar refractivity (Wildman–Crippen MR) is 77.2 cm³/mol. The Labute approximate surface area is 126 Å². The van der Waals surface area contributed by atoms with Gasteiger partial charge in [-0.15, -0.1) is 5.10 Å². The molecule has 0 aliphatic carbocycles. The summed E-state index contributed by atoms with van der Waals surface area (Å²) in [6.45, 7) is 5.91. The van der Waals surface area contributed by atoms with E-state index in [-0.39, 0.29) is 28.7 Å². The number of carbonyl (C=O) groups is 1. The van der Waals surface area contributed by atoms with Crippen LogP contribution in [0.2, 0.25) is 0 Å². The van der Waals surface area contributed by atoms with E-state index in [0.29, 0.717) is 10.6 Å². The van der Waals surface area contributed by atoms with Crippen LogP contribution in [0.4, 0.5) is 0 Å². The highest BCUT2D eigenvalue weighted by molar-refractivity contribution is 7.08. The maximum Gasteiger partial charge on any atom is 0.247 e. The van der Waals surface area contributed by atoms with E-state index < -0.39 is 0 Å². The van der Waals surface area contributed by atoms with Crippen molar-refractivity contribution in [3.8, 4) is 11.8 Å². The lowest BCUT2D eigenvalue weighted by Gasteiger charge is -2.16.